The van der Waals surface area contributed by atoms with E-state index in [2.05, 4.69) is 5.32 Å². The fourth-order valence-corrected chi connectivity index (χ4v) is 3.08. The highest BCUT2D eigenvalue weighted by Crippen LogP contribution is 2.32. The molecule has 0 unspecified atom stereocenters. The Morgan fingerprint density at radius 2 is 1.13 bits per heavy atom. The predicted molar refractivity (Wildman–Crippen MR) is 122 cm³/mol. The lowest BCUT2D eigenvalue weighted by molar-refractivity contribution is 0.102. The summed E-state index contributed by atoms with van der Waals surface area (Å²) in [6, 6.07) is 34.4. The summed E-state index contributed by atoms with van der Waals surface area (Å²) < 4.78 is 12.1. The van der Waals surface area contributed by atoms with E-state index in [1.165, 1.54) is 0 Å². The van der Waals surface area contributed by atoms with Crippen LogP contribution in [0.5, 0.6) is 11.5 Å². The van der Waals surface area contributed by atoms with E-state index in [0.717, 1.165) is 11.1 Å². The van der Waals surface area contributed by atoms with Gasteiger partial charge in [0.15, 0.2) is 11.5 Å². The van der Waals surface area contributed by atoms with Crippen molar-refractivity contribution in [3.8, 4) is 11.5 Å². The summed E-state index contributed by atoms with van der Waals surface area (Å²) >= 11 is 0. The SMILES string of the molecule is O=C(Nc1ccc(OCc2ccccc2)c(OCc2ccccc2)c1)c1ccccc1. The van der Waals surface area contributed by atoms with Crippen LogP contribution in [0.1, 0.15) is 21.5 Å². The van der Waals surface area contributed by atoms with Gasteiger partial charge in [0.25, 0.3) is 5.91 Å². The zero-order chi connectivity index (χ0) is 21.3. The fourth-order valence-electron chi connectivity index (χ4n) is 3.08. The van der Waals surface area contributed by atoms with Gasteiger partial charge in [0.1, 0.15) is 13.2 Å². The van der Waals surface area contributed by atoms with E-state index in [4.69, 9.17) is 9.47 Å². The number of rotatable bonds is 8. The number of anilines is 1. The summed E-state index contributed by atoms with van der Waals surface area (Å²) in [5, 5.41) is 2.92. The van der Waals surface area contributed by atoms with Crippen LogP contribution in [0.2, 0.25) is 0 Å². The average Bonchev–Trinajstić information content (AvgIpc) is 2.84. The monoisotopic (exact) mass is 409 g/mol. The van der Waals surface area contributed by atoms with E-state index in [9.17, 15) is 4.79 Å². The number of carbonyl (C=O) groups excluding carboxylic acids is 1. The Hall–Kier alpha value is -4.05. The van der Waals surface area contributed by atoms with Crippen LogP contribution in [0, 0.1) is 0 Å². The topological polar surface area (TPSA) is 47.6 Å². The van der Waals surface area contributed by atoms with E-state index in [1.54, 1.807) is 18.2 Å². The van der Waals surface area contributed by atoms with Gasteiger partial charge in [-0.2, -0.15) is 0 Å². The Labute approximate surface area is 182 Å². The Balaban J connectivity index is 1.52. The Morgan fingerprint density at radius 1 is 0.613 bits per heavy atom. The van der Waals surface area contributed by atoms with Crippen molar-refractivity contribution in [2.75, 3.05) is 5.32 Å². The van der Waals surface area contributed by atoms with Gasteiger partial charge in [0, 0.05) is 17.3 Å². The molecule has 4 nitrogen and oxygen atoms in total. The van der Waals surface area contributed by atoms with Crippen molar-refractivity contribution in [1.82, 2.24) is 0 Å². The first-order valence-corrected chi connectivity index (χ1v) is 10.1. The molecule has 0 aliphatic rings. The molecule has 4 aromatic rings. The molecule has 0 radical (unpaired) electrons. The van der Waals surface area contributed by atoms with Crippen LogP contribution in [0.3, 0.4) is 0 Å². The summed E-state index contributed by atoms with van der Waals surface area (Å²) in [6.07, 6.45) is 0. The zero-order valence-electron chi connectivity index (χ0n) is 17.0. The number of hydrogen-bond acceptors (Lipinski definition) is 3. The van der Waals surface area contributed by atoms with E-state index in [0.29, 0.717) is 36.0 Å². The number of nitrogens with one attached hydrogen (secondary N) is 1. The van der Waals surface area contributed by atoms with Crippen LogP contribution in [-0.4, -0.2) is 5.91 Å². The first kappa shape index (κ1) is 20.2. The van der Waals surface area contributed by atoms with Crippen LogP contribution in [-0.2, 0) is 13.2 Å². The van der Waals surface area contributed by atoms with Gasteiger partial charge in [-0.25, -0.2) is 0 Å². The molecule has 0 aliphatic carbocycles. The molecule has 4 heteroatoms. The summed E-state index contributed by atoms with van der Waals surface area (Å²) in [7, 11) is 0. The molecule has 31 heavy (non-hydrogen) atoms. The standard InChI is InChI=1S/C27H23NO3/c29-27(23-14-8-3-9-15-23)28-24-16-17-25(30-19-21-10-4-1-5-11-21)26(18-24)31-20-22-12-6-2-7-13-22/h1-18H,19-20H2,(H,28,29). The first-order chi connectivity index (χ1) is 15.3. The summed E-state index contributed by atoms with van der Waals surface area (Å²) in [6.45, 7) is 0.830. The average molecular weight is 409 g/mol. The van der Waals surface area contributed by atoms with Crippen LogP contribution in [0.15, 0.2) is 109 Å². The lowest BCUT2D eigenvalue weighted by Gasteiger charge is -2.15. The highest BCUT2D eigenvalue weighted by Gasteiger charge is 2.11. The molecular formula is C27H23NO3. The van der Waals surface area contributed by atoms with Crippen molar-refractivity contribution in [3.63, 3.8) is 0 Å². The molecule has 0 spiro atoms. The molecule has 4 rings (SSSR count). The van der Waals surface area contributed by atoms with Crippen molar-refractivity contribution < 1.29 is 14.3 Å². The van der Waals surface area contributed by atoms with Crippen LogP contribution in [0.25, 0.3) is 0 Å². The third-order valence-electron chi connectivity index (χ3n) is 4.71. The van der Waals surface area contributed by atoms with E-state index in [1.807, 2.05) is 91.0 Å². The third kappa shape index (κ3) is 5.73. The minimum Gasteiger partial charge on any atom is -0.485 e. The van der Waals surface area contributed by atoms with Crippen molar-refractivity contribution >= 4 is 11.6 Å². The molecule has 0 saturated carbocycles. The largest absolute Gasteiger partial charge is 0.485 e. The molecule has 1 N–H and O–H groups in total. The Morgan fingerprint density at radius 3 is 1.71 bits per heavy atom. The van der Waals surface area contributed by atoms with Gasteiger partial charge in [-0.3, -0.25) is 4.79 Å². The van der Waals surface area contributed by atoms with Crippen molar-refractivity contribution in [2.45, 2.75) is 13.2 Å². The number of hydrogen-bond donors (Lipinski definition) is 1. The van der Waals surface area contributed by atoms with E-state index >= 15 is 0 Å². The van der Waals surface area contributed by atoms with Crippen LogP contribution < -0.4 is 14.8 Å². The zero-order valence-corrected chi connectivity index (χ0v) is 17.0. The van der Waals surface area contributed by atoms with Crippen molar-refractivity contribution in [3.05, 3.63) is 126 Å². The van der Waals surface area contributed by atoms with Gasteiger partial charge in [0.05, 0.1) is 0 Å². The van der Waals surface area contributed by atoms with E-state index < -0.39 is 0 Å². The number of ether oxygens (including phenoxy) is 2. The second-order valence-electron chi connectivity index (χ2n) is 7.03. The maximum Gasteiger partial charge on any atom is 0.255 e. The van der Waals surface area contributed by atoms with Gasteiger partial charge in [0.2, 0.25) is 0 Å². The molecule has 0 heterocycles. The fraction of sp³-hybridized carbons (Fsp3) is 0.0741. The summed E-state index contributed by atoms with van der Waals surface area (Å²) in [5.74, 6) is 1.02. The van der Waals surface area contributed by atoms with Crippen molar-refractivity contribution in [1.29, 1.82) is 0 Å². The molecule has 0 fully saturated rings. The number of benzene rings is 4. The quantitative estimate of drug-likeness (QED) is 0.383. The lowest BCUT2D eigenvalue weighted by atomic mass is 10.2. The van der Waals surface area contributed by atoms with Gasteiger partial charge in [-0.05, 0) is 35.4 Å². The third-order valence-corrected chi connectivity index (χ3v) is 4.71. The highest BCUT2D eigenvalue weighted by molar-refractivity contribution is 6.04. The second kappa shape index (κ2) is 10.1. The minimum absolute atomic E-state index is 0.174. The smallest absolute Gasteiger partial charge is 0.255 e. The molecule has 0 bridgehead atoms. The first-order valence-electron chi connectivity index (χ1n) is 10.1. The van der Waals surface area contributed by atoms with E-state index in [-0.39, 0.29) is 5.91 Å². The molecule has 0 saturated heterocycles. The Kier molecular flexibility index (Phi) is 6.61. The molecule has 0 atom stereocenters. The van der Waals surface area contributed by atoms with Gasteiger partial charge in [-0.15, -0.1) is 0 Å². The lowest BCUT2D eigenvalue weighted by Crippen LogP contribution is -2.12. The van der Waals surface area contributed by atoms with Gasteiger partial charge >= 0.3 is 0 Å². The molecule has 0 aliphatic heterocycles. The summed E-state index contributed by atoms with van der Waals surface area (Å²) in [5.41, 5.74) is 3.36. The molecule has 4 aromatic carbocycles. The van der Waals surface area contributed by atoms with Crippen molar-refractivity contribution in [2.24, 2.45) is 0 Å². The second-order valence-corrected chi connectivity index (χ2v) is 7.03. The highest BCUT2D eigenvalue weighted by atomic mass is 16.5. The number of amides is 1. The minimum atomic E-state index is -0.174. The Bertz CT molecular complexity index is 1110. The molecular weight excluding hydrogens is 386 g/mol. The predicted octanol–water partition coefficient (Wildman–Crippen LogP) is 6.10. The molecule has 154 valence electrons. The van der Waals surface area contributed by atoms with Crippen LogP contribution >= 0.6 is 0 Å². The number of carbonyl (C=O) groups is 1. The maximum absolute atomic E-state index is 12.5. The van der Waals surface area contributed by atoms with Gasteiger partial charge in [-0.1, -0.05) is 78.9 Å². The normalized spacial score (nSPS) is 10.3. The summed E-state index contributed by atoms with van der Waals surface area (Å²) in [4.78, 5) is 12.5. The molecule has 0 aromatic heterocycles. The molecule has 1 amide bonds. The van der Waals surface area contributed by atoms with Crippen LogP contribution in [0.4, 0.5) is 5.69 Å². The maximum atomic E-state index is 12.5. The van der Waals surface area contributed by atoms with Gasteiger partial charge < -0.3 is 14.8 Å².